The monoisotopic (exact) mass is 356 g/mol. The normalized spacial score (nSPS) is 12.3. The first-order valence-electron chi connectivity index (χ1n) is 7.35. The van der Waals surface area contributed by atoms with Crippen molar-refractivity contribution in [1.82, 2.24) is 5.32 Å². The lowest BCUT2D eigenvalue weighted by Crippen LogP contribution is -2.31. The Morgan fingerprint density at radius 3 is 2.71 bits per heavy atom. The predicted molar refractivity (Wildman–Crippen MR) is 89.5 cm³/mol. The van der Waals surface area contributed by atoms with Crippen LogP contribution in [0.4, 0.5) is 0 Å². The van der Waals surface area contributed by atoms with Crippen LogP contribution in [0.25, 0.3) is 0 Å². The van der Waals surface area contributed by atoms with E-state index in [1.165, 1.54) is 0 Å². The van der Waals surface area contributed by atoms with E-state index in [2.05, 4.69) is 42.0 Å². The van der Waals surface area contributed by atoms with Crippen molar-refractivity contribution in [2.45, 2.75) is 39.7 Å². The molecule has 1 aromatic rings. The van der Waals surface area contributed by atoms with Crippen molar-refractivity contribution in [3.63, 3.8) is 0 Å². The van der Waals surface area contributed by atoms with Crippen LogP contribution < -0.4 is 15.8 Å². The molecular weight excluding hydrogens is 332 g/mol. The third-order valence-corrected chi connectivity index (χ3v) is 3.70. The van der Waals surface area contributed by atoms with Crippen molar-refractivity contribution in [2.75, 3.05) is 13.2 Å². The lowest BCUT2D eigenvalue weighted by molar-refractivity contribution is -0.123. The summed E-state index contributed by atoms with van der Waals surface area (Å²) in [5, 5.41) is 2.82. The third kappa shape index (κ3) is 6.96. The number of carbonyl (C=O) groups excluding carboxylic acids is 1. The smallest absolute Gasteiger partial charge is 0.257 e. The summed E-state index contributed by atoms with van der Waals surface area (Å²) < 4.78 is 6.37. The van der Waals surface area contributed by atoms with Crippen LogP contribution >= 0.6 is 15.9 Å². The Morgan fingerprint density at radius 2 is 2.14 bits per heavy atom. The number of ether oxygens (including phenoxy) is 1. The van der Waals surface area contributed by atoms with Crippen LogP contribution in [0.2, 0.25) is 0 Å². The number of nitrogens with two attached hydrogens (primary N) is 1. The van der Waals surface area contributed by atoms with Crippen molar-refractivity contribution in [1.29, 1.82) is 0 Å². The van der Waals surface area contributed by atoms with Gasteiger partial charge >= 0.3 is 0 Å². The zero-order chi connectivity index (χ0) is 15.8. The van der Waals surface area contributed by atoms with Crippen molar-refractivity contribution in [2.24, 2.45) is 11.7 Å². The molecule has 1 rings (SSSR count). The third-order valence-electron chi connectivity index (χ3n) is 3.08. The van der Waals surface area contributed by atoms with Gasteiger partial charge < -0.3 is 15.8 Å². The van der Waals surface area contributed by atoms with Gasteiger partial charge in [-0.05, 0) is 52.4 Å². The second-order valence-electron chi connectivity index (χ2n) is 5.62. The van der Waals surface area contributed by atoms with Crippen LogP contribution in [-0.2, 0) is 11.2 Å². The van der Waals surface area contributed by atoms with E-state index < -0.39 is 0 Å². The largest absolute Gasteiger partial charge is 0.483 e. The predicted octanol–water partition coefficient (Wildman–Crippen LogP) is 2.88. The van der Waals surface area contributed by atoms with Gasteiger partial charge in [-0.1, -0.05) is 26.8 Å². The average Bonchev–Trinajstić information content (AvgIpc) is 2.44. The number of benzene rings is 1. The van der Waals surface area contributed by atoms with E-state index in [9.17, 15) is 4.79 Å². The lowest BCUT2D eigenvalue weighted by Gasteiger charge is -2.12. The summed E-state index contributed by atoms with van der Waals surface area (Å²) in [5.41, 5.74) is 7.11. The highest BCUT2D eigenvalue weighted by Gasteiger charge is 2.08. The van der Waals surface area contributed by atoms with Crippen molar-refractivity contribution in [3.05, 3.63) is 28.2 Å². The molecule has 0 aliphatic heterocycles. The highest BCUT2D eigenvalue weighted by Crippen LogP contribution is 2.26. The summed E-state index contributed by atoms with van der Waals surface area (Å²) in [6.45, 7) is 6.87. The molecule has 118 valence electrons. The maximum Gasteiger partial charge on any atom is 0.257 e. The number of carbonyl (C=O) groups is 1. The van der Waals surface area contributed by atoms with E-state index in [1.807, 2.05) is 18.2 Å². The van der Waals surface area contributed by atoms with Gasteiger partial charge in [0, 0.05) is 12.6 Å². The van der Waals surface area contributed by atoms with Crippen LogP contribution in [-0.4, -0.2) is 25.1 Å². The minimum absolute atomic E-state index is 0.0269. The Labute approximate surface area is 135 Å². The van der Waals surface area contributed by atoms with Crippen molar-refractivity contribution >= 4 is 21.8 Å². The molecule has 1 aromatic carbocycles. The molecule has 5 heteroatoms. The molecule has 0 saturated heterocycles. The van der Waals surface area contributed by atoms with E-state index >= 15 is 0 Å². The van der Waals surface area contributed by atoms with E-state index in [4.69, 9.17) is 10.5 Å². The molecule has 0 radical (unpaired) electrons. The molecule has 0 aliphatic carbocycles. The molecule has 1 atom stereocenters. The number of nitrogens with one attached hydrogen (secondary N) is 1. The summed E-state index contributed by atoms with van der Waals surface area (Å²) in [6, 6.07) is 6.03. The average molecular weight is 357 g/mol. The van der Waals surface area contributed by atoms with Gasteiger partial charge in [-0.3, -0.25) is 4.79 Å². The minimum atomic E-state index is -0.104. The van der Waals surface area contributed by atoms with Crippen LogP contribution in [0, 0.1) is 5.92 Å². The first-order valence-corrected chi connectivity index (χ1v) is 8.15. The highest BCUT2D eigenvalue weighted by atomic mass is 79.9. The second kappa shape index (κ2) is 9.05. The summed E-state index contributed by atoms with van der Waals surface area (Å²) >= 11 is 3.47. The first kappa shape index (κ1) is 18.0. The van der Waals surface area contributed by atoms with Gasteiger partial charge in [0.25, 0.3) is 5.91 Å². The van der Waals surface area contributed by atoms with Crippen LogP contribution in [0.3, 0.4) is 0 Å². The molecule has 0 saturated carbocycles. The van der Waals surface area contributed by atoms with Gasteiger partial charge in [0.1, 0.15) is 5.75 Å². The number of hydrogen-bond donors (Lipinski definition) is 2. The molecule has 4 nitrogen and oxygen atoms in total. The topological polar surface area (TPSA) is 64.3 Å². The zero-order valence-corrected chi connectivity index (χ0v) is 14.6. The van der Waals surface area contributed by atoms with Gasteiger partial charge in [0.05, 0.1) is 4.47 Å². The Balaban J connectivity index is 2.51. The number of amides is 1. The van der Waals surface area contributed by atoms with E-state index in [0.717, 1.165) is 22.9 Å². The maximum absolute atomic E-state index is 11.6. The van der Waals surface area contributed by atoms with Gasteiger partial charge in [0.2, 0.25) is 0 Å². The summed E-state index contributed by atoms with van der Waals surface area (Å²) in [6.07, 6.45) is 1.79. The molecule has 1 unspecified atom stereocenters. The van der Waals surface area contributed by atoms with Crippen LogP contribution in [0.15, 0.2) is 22.7 Å². The van der Waals surface area contributed by atoms with Crippen LogP contribution in [0.1, 0.15) is 32.8 Å². The summed E-state index contributed by atoms with van der Waals surface area (Å²) in [5.74, 6) is 0.999. The van der Waals surface area contributed by atoms with E-state index in [1.54, 1.807) is 0 Å². The van der Waals surface area contributed by atoms with Crippen molar-refractivity contribution in [3.8, 4) is 5.75 Å². The zero-order valence-electron chi connectivity index (χ0n) is 13.0. The molecule has 1 amide bonds. The summed E-state index contributed by atoms with van der Waals surface area (Å²) in [7, 11) is 0. The Kier molecular flexibility index (Phi) is 7.75. The van der Waals surface area contributed by atoms with Gasteiger partial charge in [-0.15, -0.1) is 0 Å². The van der Waals surface area contributed by atoms with E-state index in [0.29, 0.717) is 18.2 Å². The maximum atomic E-state index is 11.6. The molecule has 0 aliphatic rings. The molecule has 0 aromatic heterocycles. The molecule has 0 heterocycles. The molecule has 0 spiro atoms. The first-order chi connectivity index (χ1) is 9.92. The van der Waals surface area contributed by atoms with Gasteiger partial charge in [-0.25, -0.2) is 0 Å². The quantitative estimate of drug-likeness (QED) is 0.752. The standard InChI is InChI=1S/C16H25BrN2O2/c1-4-13(18)7-12-5-6-15(14(17)8-12)21-10-16(20)19-9-11(2)3/h5-6,8,11,13H,4,7,9-10,18H2,1-3H3,(H,19,20). The Bertz CT molecular complexity index is 464. The lowest BCUT2D eigenvalue weighted by atomic mass is 10.0. The Hall–Kier alpha value is -1.07. The van der Waals surface area contributed by atoms with E-state index in [-0.39, 0.29) is 18.6 Å². The minimum Gasteiger partial charge on any atom is -0.483 e. The molecule has 0 fully saturated rings. The number of halogens is 1. The molecule has 21 heavy (non-hydrogen) atoms. The molecule has 0 bridgehead atoms. The fourth-order valence-electron chi connectivity index (χ4n) is 1.75. The fourth-order valence-corrected chi connectivity index (χ4v) is 2.29. The highest BCUT2D eigenvalue weighted by molar-refractivity contribution is 9.10. The molecule has 3 N–H and O–H groups in total. The van der Waals surface area contributed by atoms with Gasteiger partial charge in [-0.2, -0.15) is 0 Å². The van der Waals surface area contributed by atoms with Gasteiger partial charge in [0.15, 0.2) is 6.61 Å². The molecular formula is C16H25BrN2O2. The summed E-state index contributed by atoms with van der Waals surface area (Å²) in [4.78, 5) is 11.6. The fraction of sp³-hybridized carbons (Fsp3) is 0.562. The van der Waals surface area contributed by atoms with Crippen LogP contribution in [0.5, 0.6) is 5.75 Å². The second-order valence-corrected chi connectivity index (χ2v) is 6.48. The van der Waals surface area contributed by atoms with Crippen molar-refractivity contribution < 1.29 is 9.53 Å². The number of rotatable bonds is 8. The Morgan fingerprint density at radius 1 is 1.43 bits per heavy atom. The SMILES string of the molecule is CCC(N)Cc1ccc(OCC(=O)NCC(C)C)c(Br)c1. The number of hydrogen-bond acceptors (Lipinski definition) is 3.